The summed E-state index contributed by atoms with van der Waals surface area (Å²) in [6, 6.07) is 12.7. The van der Waals surface area contributed by atoms with Crippen molar-refractivity contribution < 1.29 is 23.5 Å². The van der Waals surface area contributed by atoms with Crippen molar-refractivity contribution in [1.82, 2.24) is 25.0 Å². The molecule has 2 aromatic carbocycles. The van der Waals surface area contributed by atoms with Crippen molar-refractivity contribution in [3.05, 3.63) is 71.1 Å². The van der Waals surface area contributed by atoms with E-state index in [9.17, 15) is 18.8 Å². The van der Waals surface area contributed by atoms with E-state index in [4.69, 9.17) is 16.3 Å². The minimum absolute atomic E-state index is 0.00241. The number of urea groups is 1. The maximum atomic E-state index is 13.8. The van der Waals surface area contributed by atoms with Gasteiger partial charge in [0, 0.05) is 57.8 Å². The molecule has 4 rings (SSSR count). The summed E-state index contributed by atoms with van der Waals surface area (Å²) < 4.78 is 19.3. The van der Waals surface area contributed by atoms with Gasteiger partial charge in [-0.2, -0.15) is 0 Å². The molecule has 230 valence electrons. The van der Waals surface area contributed by atoms with Gasteiger partial charge >= 0.3 is 12.1 Å². The number of nitrogens with zero attached hydrogens (tertiary/aromatic N) is 4. The number of hydrogen-bond donors (Lipinski definition) is 2. The number of carbonyl (C=O) groups is 3. The highest BCUT2D eigenvalue weighted by molar-refractivity contribution is 6.31. The molecule has 1 aromatic heterocycles. The summed E-state index contributed by atoms with van der Waals surface area (Å²) in [5.41, 5.74) is 0.427. The lowest BCUT2D eigenvalue weighted by atomic mass is 10.1. The van der Waals surface area contributed by atoms with E-state index in [0.717, 1.165) is 36.8 Å². The van der Waals surface area contributed by atoms with Crippen molar-refractivity contribution in [2.45, 2.75) is 38.8 Å². The van der Waals surface area contributed by atoms with Crippen molar-refractivity contribution in [3.8, 4) is 0 Å². The van der Waals surface area contributed by atoms with Crippen LogP contribution in [-0.2, 0) is 16.1 Å². The number of aromatic nitrogens is 1. The molecule has 43 heavy (non-hydrogen) atoms. The third-order valence-electron chi connectivity index (χ3n) is 7.55. The lowest BCUT2D eigenvalue weighted by Gasteiger charge is -2.35. The molecule has 12 heteroatoms. The Balaban J connectivity index is 1.36. The van der Waals surface area contributed by atoms with E-state index in [-0.39, 0.29) is 36.9 Å². The molecular weight excluding hydrogens is 575 g/mol. The summed E-state index contributed by atoms with van der Waals surface area (Å²) in [6.07, 6.45) is 2.46. The van der Waals surface area contributed by atoms with Crippen LogP contribution >= 0.6 is 11.6 Å². The zero-order valence-corrected chi connectivity index (χ0v) is 25.3. The van der Waals surface area contributed by atoms with Gasteiger partial charge in [0.25, 0.3) is 0 Å². The van der Waals surface area contributed by atoms with E-state index >= 15 is 0 Å². The normalized spacial score (nSPS) is 14.3. The fraction of sp³-hybridized carbons (Fsp3) is 0.419. The Kier molecular flexibility index (Phi) is 11.5. The number of amides is 4. The molecule has 1 atom stereocenters. The Labute approximate surface area is 256 Å². The van der Waals surface area contributed by atoms with Crippen LogP contribution in [0, 0.1) is 5.82 Å². The van der Waals surface area contributed by atoms with Crippen LogP contribution in [0.15, 0.2) is 54.7 Å². The molecule has 1 saturated heterocycles. The maximum Gasteiger partial charge on any atom is 0.412 e. The van der Waals surface area contributed by atoms with Crippen molar-refractivity contribution in [1.29, 1.82) is 0 Å². The third kappa shape index (κ3) is 9.01. The summed E-state index contributed by atoms with van der Waals surface area (Å²) in [7, 11) is 1.56. The molecule has 4 amide bonds. The molecule has 0 saturated carbocycles. The van der Waals surface area contributed by atoms with Crippen LogP contribution in [-0.4, -0.2) is 90.1 Å². The highest BCUT2D eigenvalue weighted by Crippen LogP contribution is 2.20. The van der Waals surface area contributed by atoms with Crippen molar-refractivity contribution >= 4 is 46.2 Å². The zero-order chi connectivity index (χ0) is 30.8. The molecule has 1 fully saturated rings. The first-order chi connectivity index (χ1) is 20.7. The fourth-order valence-corrected chi connectivity index (χ4v) is 5.18. The Morgan fingerprint density at radius 1 is 1.09 bits per heavy atom. The van der Waals surface area contributed by atoms with Crippen LogP contribution < -0.4 is 10.6 Å². The first kappa shape index (κ1) is 32.0. The van der Waals surface area contributed by atoms with Crippen molar-refractivity contribution in [2.24, 2.45) is 0 Å². The first-order valence-electron chi connectivity index (χ1n) is 14.5. The van der Waals surface area contributed by atoms with Crippen LogP contribution in [0.3, 0.4) is 0 Å². The van der Waals surface area contributed by atoms with Crippen LogP contribution in [0.1, 0.15) is 31.7 Å². The van der Waals surface area contributed by atoms with E-state index < -0.39 is 24.0 Å². The van der Waals surface area contributed by atoms with Crippen molar-refractivity contribution in [3.63, 3.8) is 0 Å². The molecule has 1 aliphatic rings. The first-order valence-corrected chi connectivity index (χ1v) is 14.8. The average molecular weight is 613 g/mol. The second-order valence-corrected chi connectivity index (χ2v) is 10.9. The highest BCUT2D eigenvalue weighted by atomic mass is 35.5. The zero-order valence-electron chi connectivity index (χ0n) is 24.5. The van der Waals surface area contributed by atoms with Gasteiger partial charge in [0.15, 0.2) is 0 Å². The predicted octanol–water partition coefficient (Wildman–Crippen LogP) is 5.12. The van der Waals surface area contributed by atoms with Gasteiger partial charge in [0.1, 0.15) is 18.2 Å². The number of halogens is 2. The molecule has 1 aliphatic heterocycles. The summed E-state index contributed by atoms with van der Waals surface area (Å²) in [4.78, 5) is 48.6. The molecule has 0 radical (unpaired) electrons. The number of carbonyl (C=O) groups excluding carboxylic acids is 3. The van der Waals surface area contributed by atoms with Gasteiger partial charge in [0.05, 0.1) is 11.1 Å². The number of fused-ring (bicyclic) bond motifs is 1. The van der Waals surface area contributed by atoms with E-state index in [2.05, 4.69) is 27.4 Å². The molecule has 0 aliphatic carbocycles. The number of anilines is 1. The highest BCUT2D eigenvalue weighted by Gasteiger charge is 2.26. The Hall–Kier alpha value is -3.96. The van der Waals surface area contributed by atoms with Gasteiger partial charge in [0.2, 0.25) is 5.91 Å². The molecule has 2 heterocycles. The lowest BCUT2D eigenvalue weighted by molar-refractivity contribution is -0.133. The number of nitrogens with one attached hydrogen (secondary N) is 2. The van der Waals surface area contributed by atoms with E-state index in [1.54, 1.807) is 25.4 Å². The molecule has 0 bridgehead atoms. The predicted molar refractivity (Wildman–Crippen MR) is 164 cm³/mol. The third-order valence-corrected chi connectivity index (χ3v) is 7.98. The second kappa shape index (κ2) is 15.5. The number of rotatable bonds is 11. The smallest absolute Gasteiger partial charge is 0.412 e. The van der Waals surface area contributed by atoms with Crippen molar-refractivity contribution in [2.75, 3.05) is 51.7 Å². The van der Waals surface area contributed by atoms with E-state index in [0.29, 0.717) is 24.5 Å². The maximum absolute atomic E-state index is 13.8. The monoisotopic (exact) mass is 612 g/mol. The second-order valence-electron chi connectivity index (χ2n) is 10.5. The average Bonchev–Trinajstić information content (AvgIpc) is 3.01. The summed E-state index contributed by atoms with van der Waals surface area (Å²) >= 11 is 6.03. The minimum atomic E-state index is -0.730. The Morgan fingerprint density at radius 3 is 2.58 bits per heavy atom. The molecule has 2 N–H and O–H groups in total. The van der Waals surface area contributed by atoms with Gasteiger partial charge in [-0.3, -0.25) is 15.0 Å². The lowest BCUT2D eigenvalue weighted by Crippen LogP contribution is -2.49. The van der Waals surface area contributed by atoms with E-state index in [1.807, 2.05) is 29.2 Å². The SMILES string of the molecule is CCCN1CCN(C(=O)CC[C@@H](COC(=O)Nc2cc3ccccc3cn2)N(C)C(=O)NCc2cccc(F)c2Cl)CC1. The van der Waals surface area contributed by atoms with Gasteiger partial charge in [-0.1, -0.05) is 54.9 Å². The molecular formula is C31H38ClFN6O4. The van der Waals surface area contributed by atoms with Crippen LogP contribution in [0.25, 0.3) is 10.8 Å². The summed E-state index contributed by atoms with van der Waals surface area (Å²) in [6.45, 7) is 5.98. The number of likely N-dealkylation sites (N-methyl/N-ethyl adjacent to an activating group) is 1. The quantitative estimate of drug-likeness (QED) is 0.311. The number of piperazine rings is 1. The minimum Gasteiger partial charge on any atom is -0.447 e. The largest absolute Gasteiger partial charge is 0.447 e. The fourth-order valence-electron chi connectivity index (χ4n) is 4.98. The van der Waals surface area contributed by atoms with Gasteiger partial charge in [-0.05, 0) is 42.5 Å². The number of ether oxygens (including phenoxy) is 1. The van der Waals surface area contributed by atoms with E-state index in [1.165, 1.54) is 17.0 Å². The standard InChI is InChI=1S/C31H38ClFN6O4/c1-3-13-38-14-16-39(17-15-38)28(40)12-11-25(37(2)30(41)35-20-24-9-6-10-26(33)29(24)32)21-43-31(42)36-27-18-22-7-4-5-8-23(22)19-34-27/h4-10,18-19,25H,3,11-17,20-21H2,1-2H3,(H,35,41)(H,34,36,42)/t25-/m0/s1. The van der Waals surface area contributed by atoms with Gasteiger partial charge in [-0.15, -0.1) is 0 Å². The number of pyridine rings is 1. The summed E-state index contributed by atoms with van der Waals surface area (Å²) in [5.74, 6) is -0.254. The van der Waals surface area contributed by atoms with Gasteiger partial charge < -0.3 is 19.9 Å². The molecule has 0 spiro atoms. The van der Waals surface area contributed by atoms with Crippen LogP contribution in [0.5, 0.6) is 0 Å². The number of benzene rings is 2. The summed E-state index contributed by atoms with van der Waals surface area (Å²) in [5, 5.41) is 7.14. The molecule has 0 unspecified atom stereocenters. The Morgan fingerprint density at radius 2 is 1.84 bits per heavy atom. The van der Waals surface area contributed by atoms with Crippen LogP contribution in [0.4, 0.5) is 19.8 Å². The Bertz CT molecular complexity index is 1420. The van der Waals surface area contributed by atoms with Gasteiger partial charge in [-0.25, -0.2) is 19.0 Å². The molecule has 10 nitrogen and oxygen atoms in total. The number of hydrogen-bond acceptors (Lipinski definition) is 6. The topological polar surface area (TPSA) is 107 Å². The molecule has 3 aromatic rings. The van der Waals surface area contributed by atoms with Crippen LogP contribution in [0.2, 0.25) is 5.02 Å².